The Kier molecular flexibility index (Phi) is 5.54. The minimum absolute atomic E-state index is 0.202. The predicted octanol–water partition coefficient (Wildman–Crippen LogP) is 2.70. The summed E-state index contributed by atoms with van der Waals surface area (Å²) >= 11 is 0. The Morgan fingerprint density at radius 1 is 1.42 bits per heavy atom. The van der Waals surface area contributed by atoms with E-state index in [-0.39, 0.29) is 11.7 Å². The first-order valence-electron chi connectivity index (χ1n) is 6.26. The van der Waals surface area contributed by atoms with E-state index in [1.54, 1.807) is 0 Å². The van der Waals surface area contributed by atoms with Crippen molar-refractivity contribution in [3.63, 3.8) is 0 Å². The molecular formula is C14H21NO3S. The molecule has 0 aliphatic carbocycles. The van der Waals surface area contributed by atoms with Crippen molar-refractivity contribution in [3.05, 3.63) is 35.4 Å². The second kappa shape index (κ2) is 6.70. The number of aliphatic carboxylic acids is 1. The van der Waals surface area contributed by atoms with Crippen molar-refractivity contribution >= 4 is 15.7 Å². The second-order valence-corrected chi connectivity index (χ2v) is 7.53. The van der Waals surface area contributed by atoms with Gasteiger partial charge in [0.1, 0.15) is 5.75 Å². The monoisotopic (exact) mass is 283 g/mol. The fourth-order valence-electron chi connectivity index (χ4n) is 1.68. The van der Waals surface area contributed by atoms with Gasteiger partial charge in [-0.2, -0.15) is 0 Å². The average Bonchev–Trinajstić information content (AvgIpc) is 2.25. The summed E-state index contributed by atoms with van der Waals surface area (Å²) in [6, 6.07) is 7.62. The van der Waals surface area contributed by atoms with Crippen molar-refractivity contribution in [1.82, 2.24) is 0 Å². The quantitative estimate of drug-likeness (QED) is 0.873. The highest BCUT2D eigenvalue weighted by atomic mass is 32.2. The number of carboxylic acid groups (broad SMARTS) is 1. The lowest BCUT2D eigenvalue weighted by Gasteiger charge is -2.10. The zero-order valence-electron chi connectivity index (χ0n) is 11.6. The molecule has 0 fully saturated rings. The topological polar surface area (TPSA) is 66.7 Å². The molecule has 0 saturated heterocycles. The third kappa shape index (κ3) is 5.87. The lowest BCUT2D eigenvalue weighted by atomic mass is 10.2. The fourth-order valence-corrected chi connectivity index (χ4v) is 3.62. The molecule has 19 heavy (non-hydrogen) atoms. The Labute approximate surface area is 115 Å². The highest BCUT2D eigenvalue weighted by molar-refractivity contribution is 7.93. The van der Waals surface area contributed by atoms with Crippen LogP contribution in [0.5, 0.6) is 0 Å². The molecule has 1 rings (SSSR count). The Morgan fingerprint density at radius 2 is 2.11 bits per heavy atom. The molecule has 1 unspecified atom stereocenters. The number of hydrogen-bond donors (Lipinski definition) is 1. The number of carbonyl (C=O) groups is 1. The Bertz CT molecular complexity index is 558. The summed E-state index contributed by atoms with van der Waals surface area (Å²) in [7, 11) is -2.73. The molecule has 1 aromatic carbocycles. The van der Waals surface area contributed by atoms with Gasteiger partial charge in [0.05, 0.1) is 22.0 Å². The molecule has 0 radical (unpaired) electrons. The molecule has 0 aliphatic heterocycles. The van der Waals surface area contributed by atoms with Gasteiger partial charge in [0.15, 0.2) is 0 Å². The van der Waals surface area contributed by atoms with Crippen molar-refractivity contribution in [2.24, 2.45) is 10.3 Å². The molecule has 0 spiro atoms. The maximum absolute atomic E-state index is 12.6. The van der Waals surface area contributed by atoms with Crippen LogP contribution in [0.4, 0.5) is 0 Å². The zero-order chi connectivity index (χ0) is 14.5. The Morgan fingerprint density at radius 3 is 2.63 bits per heavy atom. The smallest absolute Gasteiger partial charge is 0.317 e. The summed E-state index contributed by atoms with van der Waals surface area (Å²) < 4.78 is 16.8. The summed E-state index contributed by atoms with van der Waals surface area (Å²) in [5.74, 6) is -0.987. The maximum atomic E-state index is 12.6. The summed E-state index contributed by atoms with van der Waals surface area (Å²) in [6.07, 6.45) is 0. The molecule has 106 valence electrons. The number of nitrogens with zero attached hydrogens (tertiary/aromatic N) is 1. The molecule has 0 bridgehead atoms. The van der Waals surface area contributed by atoms with Gasteiger partial charge in [0.25, 0.3) is 0 Å². The Balaban J connectivity index is 3.01. The standard InChI is InChI=1S/C14H21NO3S/c1-11(2)8-15-19(18,10-14(16)17)9-13-6-4-5-12(3)7-13/h4-7,11H,8-10H2,1-3H3,(H,16,17). The van der Waals surface area contributed by atoms with E-state index in [1.807, 2.05) is 45.0 Å². The normalized spacial score (nSPS) is 14.1. The van der Waals surface area contributed by atoms with Gasteiger partial charge in [0.2, 0.25) is 0 Å². The van der Waals surface area contributed by atoms with Gasteiger partial charge >= 0.3 is 5.97 Å². The number of benzene rings is 1. The molecule has 0 aliphatic rings. The number of carboxylic acids is 1. The van der Waals surface area contributed by atoms with Crippen molar-refractivity contribution in [1.29, 1.82) is 0 Å². The van der Waals surface area contributed by atoms with Crippen molar-refractivity contribution in [3.8, 4) is 0 Å². The second-order valence-electron chi connectivity index (χ2n) is 5.15. The van der Waals surface area contributed by atoms with Crippen LogP contribution >= 0.6 is 0 Å². The maximum Gasteiger partial charge on any atom is 0.317 e. The van der Waals surface area contributed by atoms with Crippen LogP contribution in [0.15, 0.2) is 28.6 Å². The van der Waals surface area contributed by atoms with E-state index in [4.69, 9.17) is 5.11 Å². The number of hydrogen-bond acceptors (Lipinski definition) is 3. The van der Waals surface area contributed by atoms with E-state index in [1.165, 1.54) is 0 Å². The van der Waals surface area contributed by atoms with Crippen molar-refractivity contribution in [2.75, 3.05) is 12.3 Å². The molecule has 0 heterocycles. The third-order valence-electron chi connectivity index (χ3n) is 2.50. The Hall–Kier alpha value is -1.36. The molecule has 0 amide bonds. The van der Waals surface area contributed by atoms with Crippen LogP contribution in [-0.2, 0) is 20.3 Å². The predicted molar refractivity (Wildman–Crippen MR) is 77.7 cm³/mol. The average molecular weight is 283 g/mol. The third-order valence-corrected chi connectivity index (χ3v) is 4.60. The van der Waals surface area contributed by atoms with Crippen molar-refractivity contribution in [2.45, 2.75) is 26.5 Å². The van der Waals surface area contributed by atoms with E-state index in [0.29, 0.717) is 6.54 Å². The molecule has 1 atom stereocenters. The van der Waals surface area contributed by atoms with Gasteiger partial charge in [-0.15, -0.1) is 0 Å². The van der Waals surface area contributed by atoms with E-state index in [9.17, 15) is 9.00 Å². The van der Waals surface area contributed by atoms with E-state index < -0.39 is 21.5 Å². The van der Waals surface area contributed by atoms with Gasteiger partial charge in [-0.3, -0.25) is 4.79 Å². The summed E-state index contributed by atoms with van der Waals surface area (Å²) in [4.78, 5) is 10.9. The van der Waals surface area contributed by atoms with Crippen LogP contribution in [0.3, 0.4) is 0 Å². The van der Waals surface area contributed by atoms with E-state index in [0.717, 1.165) is 11.1 Å². The molecule has 4 nitrogen and oxygen atoms in total. The van der Waals surface area contributed by atoms with Crippen LogP contribution in [0.25, 0.3) is 0 Å². The van der Waals surface area contributed by atoms with E-state index in [2.05, 4.69) is 4.36 Å². The fraction of sp³-hybridized carbons (Fsp3) is 0.500. The lowest BCUT2D eigenvalue weighted by Crippen LogP contribution is -2.18. The number of rotatable bonds is 6. The van der Waals surface area contributed by atoms with Gasteiger partial charge in [0, 0.05) is 0 Å². The summed E-state index contributed by atoms with van der Waals surface area (Å²) in [6.45, 7) is 6.32. The zero-order valence-corrected chi connectivity index (χ0v) is 12.4. The van der Waals surface area contributed by atoms with Crippen LogP contribution in [0, 0.1) is 12.8 Å². The highest BCUT2D eigenvalue weighted by Gasteiger charge is 2.15. The highest BCUT2D eigenvalue weighted by Crippen LogP contribution is 2.12. The van der Waals surface area contributed by atoms with Crippen LogP contribution in [-0.4, -0.2) is 27.6 Å². The first-order chi connectivity index (χ1) is 8.81. The SMILES string of the molecule is Cc1cccc(CS(=O)(CC(=O)O)=NCC(C)C)c1. The van der Waals surface area contributed by atoms with Crippen LogP contribution in [0.1, 0.15) is 25.0 Å². The lowest BCUT2D eigenvalue weighted by molar-refractivity contribution is -0.134. The van der Waals surface area contributed by atoms with Crippen LogP contribution < -0.4 is 0 Å². The van der Waals surface area contributed by atoms with Gasteiger partial charge in [-0.25, -0.2) is 8.57 Å². The van der Waals surface area contributed by atoms with Gasteiger partial charge in [-0.05, 0) is 18.4 Å². The first-order valence-corrected chi connectivity index (χ1v) is 8.12. The minimum atomic E-state index is -2.73. The summed E-state index contributed by atoms with van der Waals surface area (Å²) in [5.41, 5.74) is 1.94. The van der Waals surface area contributed by atoms with Gasteiger partial charge < -0.3 is 5.11 Å². The molecule has 1 aromatic rings. The van der Waals surface area contributed by atoms with Crippen LogP contribution in [0.2, 0.25) is 0 Å². The molecule has 5 heteroatoms. The molecular weight excluding hydrogens is 262 g/mol. The molecule has 0 saturated carbocycles. The van der Waals surface area contributed by atoms with E-state index >= 15 is 0 Å². The van der Waals surface area contributed by atoms with Crippen molar-refractivity contribution < 1.29 is 14.1 Å². The minimum Gasteiger partial charge on any atom is -0.481 e. The largest absolute Gasteiger partial charge is 0.481 e. The molecule has 0 aromatic heterocycles. The first kappa shape index (κ1) is 15.7. The van der Waals surface area contributed by atoms with Gasteiger partial charge in [-0.1, -0.05) is 43.7 Å². The number of aryl methyl sites for hydroxylation is 1. The summed E-state index contributed by atoms with van der Waals surface area (Å²) in [5, 5.41) is 8.91. The molecule has 1 N–H and O–H groups in total.